The minimum Gasteiger partial charge on any atom is -0.508 e. The molecule has 4 nitrogen and oxygen atoms in total. The zero-order valence-electron chi connectivity index (χ0n) is 10.6. The number of hydrogen-bond donors (Lipinski definition) is 2. The average Bonchev–Trinajstić information content (AvgIpc) is 2.82. The van der Waals surface area contributed by atoms with Gasteiger partial charge in [-0.2, -0.15) is 5.10 Å². The minimum absolute atomic E-state index is 0.259. The van der Waals surface area contributed by atoms with Gasteiger partial charge in [0.25, 0.3) is 0 Å². The quantitative estimate of drug-likeness (QED) is 0.834. The monoisotopic (exact) mass is 245 g/mol. The van der Waals surface area contributed by atoms with Crippen molar-refractivity contribution in [3.8, 4) is 5.75 Å². The molecule has 96 valence electrons. The third-order valence-corrected chi connectivity index (χ3v) is 4.02. The van der Waals surface area contributed by atoms with Crippen LogP contribution in [-0.2, 0) is 0 Å². The minimum atomic E-state index is 0.259. The van der Waals surface area contributed by atoms with Gasteiger partial charge >= 0.3 is 0 Å². The summed E-state index contributed by atoms with van der Waals surface area (Å²) in [4.78, 5) is 2.48. The first-order valence-electron chi connectivity index (χ1n) is 6.61. The molecule has 0 saturated carbocycles. The number of likely N-dealkylation sites (tertiary alicyclic amines) is 1. The van der Waals surface area contributed by atoms with Crippen LogP contribution in [0.1, 0.15) is 24.9 Å². The smallest absolute Gasteiger partial charge is 0.115 e. The number of rotatable bonds is 2. The van der Waals surface area contributed by atoms with E-state index in [1.807, 2.05) is 12.1 Å². The Bertz CT molecular complexity index is 455. The van der Waals surface area contributed by atoms with E-state index >= 15 is 0 Å². The molecule has 0 aromatic heterocycles. The molecule has 4 heteroatoms. The Hall–Kier alpha value is -1.55. The Morgan fingerprint density at radius 1 is 1.39 bits per heavy atom. The summed E-state index contributed by atoms with van der Waals surface area (Å²) in [6.07, 6.45) is 1.07. The van der Waals surface area contributed by atoms with Gasteiger partial charge in [0.15, 0.2) is 0 Å². The van der Waals surface area contributed by atoms with Gasteiger partial charge in [-0.3, -0.25) is 0 Å². The van der Waals surface area contributed by atoms with Gasteiger partial charge in [0.05, 0.1) is 6.04 Å². The van der Waals surface area contributed by atoms with E-state index in [-0.39, 0.29) is 6.04 Å². The fraction of sp³-hybridized carbons (Fsp3) is 0.500. The maximum atomic E-state index is 9.35. The van der Waals surface area contributed by atoms with Crippen LogP contribution in [0.4, 0.5) is 0 Å². The lowest BCUT2D eigenvalue weighted by atomic mass is 9.86. The van der Waals surface area contributed by atoms with E-state index in [1.54, 1.807) is 12.1 Å². The molecule has 2 atom stereocenters. The van der Waals surface area contributed by atoms with Crippen LogP contribution >= 0.6 is 0 Å². The van der Waals surface area contributed by atoms with Gasteiger partial charge in [0, 0.05) is 31.1 Å². The summed E-state index contributed by atoms with van der Waals surface area (Å²) in [6, 6.07) is 7.72. The largest absolute Gasteiger partial charge is 0.508 e. The Balaban J connectivity index is 1.80. The van der Waals surface area contributed by atoms with Crippen molar-refractivity contribution >= 4 is 5.71 Å². The van der Waals surface area contributed by atoms with Crippen LogP contribution in [0, 0.1) is 5.92 Å². The van der Waals surface area contributed by atoms with Crippen molar-refractivity contribution in [2.24, 2.45) is 11.0 Å². The van der Waals surface area contributed by atoms with Crippen LogP contribution in [0.15, 0.2) is 29.4 Å². The highest BCUT2D eigenvalue weighted by Gasteiger charge is 2.36. The maximum absolute atomic E-state index is 9.35. The third kappa shape index (κ3) is 1.97. The fourth-order valence-corrected chi connectivity index (χ4v) is 2.89. The third-order valence-electron chi connectivity index (χ3n) is 4.02. The number of nitrogens with zero attached hydrogens (tertiary/aromatic N) is 2. The van der Waals surface area contributed by atoms with Gasteiger partial charge in [-0.05, 0) is 24.2 Å². The second kappa shape index (κ2) is 4.61. The van der Waals surface area contributed by atoms with Crippen molar-refractivity contribution in [2.75, 3.05) is 19.6 Å². The standard InChI is InChI=1S/C14H19N3O/c1-2-17-8-7-13-12(9-17)14(16-15-13)10-3-5-11(18)6-4-10/h3-6,12,14,16,18H,2,7-9H2,1H3. The molecule has 1 aromatic rings. The number of phenolic OH excluding ortho intramolecular Hbond substituents is 1. The van der Waals surface area contributed by atoms with Crippen molar-refractivity contribution < 1.29 is 5.11 Å². The summed E-state index contributed by atoms with van der Waals surface area (Å²) in [6.45, 7) is 5.51. The van der Waals surface area contributed by atoms with Crippen molar-refractivity contribution in [3.05, 3.63) is 29.8 Å². The molecule has 0 aliphatic carbocycles. The molecule has 18 heavy (non-hydrogen) atoms. The second-order valence-corrected chi connectivity index (χ2v) is 5.05. The van der Waals surface area contributed by atoms with E-state index in [9.17, 15) is 5.11 Å². The zero-order valence-corrected chi connectivity index (χ0v) is 10.6. The molecule has 1 aromatic carbocycles. The van der Waals surface area contributed by atoms with Crippen LogP contribution < -0.4 is 5.43 Å². The van der Waals surface area contributed by atoms with Crippen molar-refractivity contribution in [1.82, 2.24) is 10.3 Å². The number of phenols is 1. The van der Waals surface area contributed by atoms with Crippen LogP contribution in [-0.4, -0.2) is 35.4 Å². The first-order valence-corrected chi connectivity index (χ1v) is 6.61. The lowest BCUT2D eigenvalue weighted by Gasteiger charge is -2.32. The molecule has 1 saturated heterocycles. The van der Waals surface area contributed by atoms with E-state index in [4.69, 9.17) is 0 Å². The van der Waals surface area contributed by atoms with Crippen molar-refractivity contribution in [3.63, 3.8) is 0 Å². The van der Waals surface area contributed by atoms with E-state index in [2.05, 4.69) is 22.4 Å². The SMILES string of the molecule is CCN1CCC2=NNC(c3ccc(O)cc3)C2C1. The van der Waals surface area contributed by atoms with Gasteiger partial charge < -0.3 is 15.4 Å². The highest BCUT2D eigenvalue weighted by atomic mass is 16.3. The molecule has 2 aliphatic heterocycles. The normalized spacial score (nSPS) is 27.5. The molecule has 2 N–H and O–H groups in total. The first kappa shape index (κ1) is 11.5. The number of benzene rings is 1. The molecule has 0 radical (unpaired) electrons. The summed E-state index contributed by atoms with van der Waals surface area (Å²) >= 11 is 0. The second-order valence-electron chi connectivity index (χ2n) is 5.05. The maximum Gasteiger partial charge on any atom is 0.115 e. The summed E-state index contributed by atoms with van der Waals surface area (Å²) in [7, 11) is 0. The molecule has 1 fully saturated rings. The average molecular weight is 245 g/mol. The highest BCUT2D eigenvalue weighted by molar-refractivity contribution is 5.89. The topological polar surface area (TPSA) is 47.9 Å². The van der Waals surface area contributed by atoms with Crippen LogP contribution in [0.3, 0.4) is 0 Å². The molecule has 0 bridgehead atoms. The number of piperidine rings is 1. The number of hydrogen-bond acceptors (Lipinski definition) is 4. The Morgan fingerprint density at radius 3 is 2.89 bits per heavy atom. The molecule has 0 amide bonds. The summed E-state index contributed by atoms with van der Waals surface area (Å²) in [5, 5.41) is 13.8. The molecule has 2 heterocycles. The fourth-order valence-electron chi connectivity index (χ4n) is 2.89. The predicted octanol–water partition coefficient (Wildman–Crippen LogP) is 1.73. The van der Waals surface area contributed by atoms with Gasteiger partial charge in [-0.25, -0.2) is 0 Å². The molecule has 3 rings (SSSR count). The van der Waals surface area contributed by atoms with Crippen molar-refractivity contribution in [1.29, 1.82) is 0 Å². The molecule has 0 spiro atoms. The van der Waals surface area contributed by atoms with Crippen molar-refractivity contribution in [2.45, 2.75) is 19.4 Å². The lowest BCUT2D eigenvalue weighted by molar-refractivity contribution is 0.238. The molecular weight excluding hydrogens is 226 g/mol. The molecule has 2 aliphatic rings. The van der Waals surface area contributed by atoms with Gasteiger partial charge in [-0.1, -0.05) is 19.1 Å². The van der Waals surface area contributed by atoms with E-state index in [0.29, 0.717) is 11.7 Å². The Labute approximate surface area is 107 Å². The Kier molecular flexibility index (Phi) is 2.96. The lowest BCUT2D eigenvalue weighted by Crippen LogP contribution is -2.41. The highest BCUT2D eigenvalue weighted by Crippen LogP contribution is 2.32. The molecule has 2 unspecified atom stereocenters. The van der Waals surface area contributed by atoms with Crippen LogP contribution in [0.2, 0.25) is 0 Å². The number of aromatic hydroxyl groups is 1. The van der Waals surface area contributed by atoms with Gasteiger partial charge in [-0.15, -0.1) is 0 Å². The number of nitrogens with one attached hydrogen (secondary N) is 1. The van der Waals surface area contributed by atoms with E-state index in [1.165, 1.54) is 11.3 Å². The Morgan fingerprint density at radius 2 is 2.17 bits per heavy atom. The van der Waals surface area contributed by atoms with Crippen LogP contribution in [0.5, 0.6) is 5.75 Å². The summed E-state index contributed by atoms with van der Waals surface area (Å²) < 4.78 is 0. The van der Waals surface area contributed by atoms with Gasteiger partial charge in [0.1, 0.15) is 5.75 Å². The molecular formula is C14H19N3O. The van der Waals surface area contributed by atoms with Crippen LogP contribution in [0.25, 0.3) is 0 Å². The predicted molar refractivity (Wildman–Crippen MR) is 71.6 cm³/mol. The summed E-state index contributed by atoms with van der Waals surface area (Å²) in [5.41, 5.74) is 5.77. The van der Waals surface area contributed by atoms with Gasteiger partial charge in [0.2, 0.25) is 0 Å². The number of fused-ring (bicyclic) bond motifs is 1. The summed E-state index contributed by atoms with van der Waals surface area (Å²) in [5.74, 6) is 0.792. The van der Waals surface area contributed by atoms with E-state index in [0.717, 1.165) is 26.1 Å². The zero-order chi connectivity index (χ0) is 12.5. The first-order chi connectivity index (χ1) is 8.78. The number of hydrazone groups is 1. The van der Waals surface area contributed by atoms with E-state index < -0.39 is 0 Å².